The van der Waals surface area contributed by atoms with E-state index < -0.39 is 0 Å². The van der Waals surface area contributed by atoms with Crippen molar-refractivity contribution in [3.63, 3.8) is 0 Å². The summed E-state index contributed by atoms with van der Waals surface area (Å²) in [7, 11) is 0. The third-order valence-corrected chi connectivity index (χ3v) is 4.25. The molecular formula is C14H30N2S. The van der Waals surface area contributed by atoms with Crippen LogP contribution in [0.2, 0.25) is 0 Å². The molecule has 2 aliphatic heterocycles. The molecule has 0 amide bonds. The van der Waals surface area contributed by atoms with Gasteiger partial charge in [-0.05, 0) is 65.1 Å². The highest BCUT2D eigenvalue weighted by Crippen LogP contribution is 2.21. The summed E-state index contributed by atoms with van der Waals surface area (Å²) in [6, 6.07) is 0.740. The summed E-state index contributed by atoms with van der Waals surface area (Å²) >= 11 is 0. The molecule has 2 heterocycles. The van der Waals surface area contributed by atoms with E-state index in [1.54, 1.807) is 0 Å². The van der Waals surface area contributed by atoms with Gasteiger partial charge in [0.2, 0.25) is 0 Å². The zero-order valence-corrected chi connectivity index (χ0v) is 12.6. The van der Waals surface area contributed by atoms with Crippen LogP contribution in [0.25, 0.3) is 0 Å². The molecule has 2 saturated heterocycles. The molecule has 0 aromatic heterocycles. The maximum absolute atomic E-state index is 2.71. The van der Waals surface area contributed by atoms with Gasteiger partial charge in [-0.25, -0.2) is 0 Å². The summed E-state index contributed by atoms with van der Waals surface area (Å²) in [4.78, 5) is 5.37. The second-order valence-corrected chi connectivity index (χ2v) is 5.96. The molecule has 2 aliphatic rings. The van der Waals surface area contributed by atoms with Crippen molar-refractivity contribution in [3.05, 3.63) is 0 Å². The van der Waals surface area contributed by atoms with Crippen molar-refractivity contribution < 1.29 is 0 Å². The van der Waals surface area contributed by atoms with Crippen LogP contribution in [0.15, 0.2) is 0 Å². The normalized spacial score (nSPS) is 28.1. The van der Waals surface area contributed by atoms with Gasteiger partial charge < -0.3 is 9.80 Å². The van der Waals surface area contributed by atoms with Crippen molar-refractivity contribution in [1.29, 1.82) is 0 Å². The lowest BCUT2D eigenvalue weighted by Gasteiger charge is -2.38. The van der Waals surface area contributed by atoms with Crippen LogP contribution in [-0.2, 0) is 0 Å². The predicted octanol–water partition coefficient (Wildman–Crippen LogP) is 2.71. The van der Waals surface area contributed by atoms with Crippen molar-refractivity contribution in [2.24, 2.45) is 5.92 Å². The van der Waals surface area contributed by atoms with E-state index >= 15 is 0 Å². The first kappa shape index (κ1) is 15.3. The van der Waals surface area contributed by atoms with Crippen LogP contribution in [0.3, 0.4) is 0 Å². The largest absolute Gasteiger partial charge is 0.303 e. The van der Waals surface area contributed by atoms with Gasteiger partial charge in [-0.2, -0.15) is 13.5 Å². The Bertz CT molecular complexity index is 202. The molecule has 0 N–H and O–H groups in total. The molecule has 0 aliphatic carbocycles. The molecule has 0 bridgehead atoms. The smallest absolute Gasteiger partial charge is 0.00387 e. The monoisotopic (exact) mass is 258 g/mol. The highest BCUT2D eigenvalue weighted by atomic mass is 32.1. The number of piperidine rings is 2. The average Bonchev–Trinajstić information content (AvgIpc) is 2.30. The molecular weight excluding hydrogens is 228 g/mol. The molecule has 102 valence electrons. The van der Waals surface area contributed by atoms with Gasteiger partial charge in [0.15, 0.2) is 0 Å². The Morgan fingerprint density at radius 2 is 1.71 bits per heavy atom. The van der Waals surface area contributed by atoms with Gasteiger partial charge in [-0.15, -0.1) is 0 Å². The fraction of sp³-hybridized carbons (Fsp3) is 1.00. The standard InChI is InChI=1S/C14H28N2.H2S/c1-13(2)16-10-6-7-14(12-16)11-15-8-4-3-5-9-15;/h13-14H,3-12H2,1-2H3;1H2/t14-;/m0./s1. The highest BCUT2D eigenvalue weighted by Gasteiger charge is 2.23. The molecule has 17 heavy (non-hydrogen) atoms. The van der Waals surface area contributed by atoms with E-state index in [0.717, 1.165) is 12.0 Å². The quantitative estimate of drug-likeness (QED) is 0.768. The van der Waals surface area contributed by atoms with E-state index in [4.69, 9.17) is 0 Å². The fourth-order valence-electron chi connectivity index (χ4n) is 3.22. The van der Waals surface area contributed by atoms with Crippen LogP contribution >= 0.6 is 13.5 Å². The third kappa shape index (κ3) is 4.80. The van der Waals surface area contributed by atoms with E-state index in [-0.39, 0.29) is 13.5 Å². The van der Waals surface area contributed by atoms with Crippen LogP contribution < -0.4 is 0 Å². The van der Waals surface area contributed by atoms with Crippen molar-refractivity contribution in [2.75, 3.05) is 32.7 Å². The van der Waals surface area contributed by atoms with Gasteiger partial charge in [0.25, 0.3) is 0 Å². The first-order valence-corrected chi connectivity index (χ1v) is 7.22. The Kier molecular flexibility index (Phi) is 6.90. The SMILES string of the molecule is CC(C)N1CCC[C@@H](CN2CCCCC2)C1.S. The molecule has 0 spiro atoms. The minimum atomic E-state index is 0. The maximum atomic E-state index is 2.71. The van der Waals surface area contributed by atoms with Gasteiger partial charge in [0.1, 0.15) is 0 Å². The van der Waals surface area contributed by atoms with Crippen LogP contribution in [-0.4, -0.2) is 48.6 Å². The summed E-state index contributed by atoms with van der Waals surface area (Å²) in [5.41, 5.74) is 0. The summed E-state index contributed by atoms with van der Waals surface area (Å²) in [5.74, 6) is 0.939. The average molecular weight is 258 g/mol. The van der Waals surface area contributed by atoms with E-state index in [1.807, 2.05) is 0 Å². The minimum absolute atomic E-state index is 0. The maximum Gasteiger partial charge on any atom is 0.00387 e. The molecule has 2 nitrogen and oxygen atoms in total. The highest BCUT2D eigenvalue weighted by molar-refractivity contribution is 7.59. The Hall–Kier alpha value is 0.270. The van der Waals surface area contributed by atoms with Crippen LogP contribution in [0.5, 0.6) is 0 Å². The molecule has 3 heteroatoms. The lowest BCUT2D eigenvalue weighted by atomic mass is 9.95. The predicted molar refractivity (Wildman–Crippen MR) is 80.1 cm³/mol. The van der Waals surface area contributed by atoms with Gasteiger partial charge in [0, 0.05) is 19.1 Å². The number of hydrogen-bond acceptors (Lipinski definition) is 2. The Morgan fingerprint density at radius 3 is 2.35 bits per heavy atom. The number of hydrogen-bond donors (Lipinski definition) is 0. The second kappa shape index (κ2) is 7.65. The van der Waals surface area contributed by atoms with E-state index in [1.165, 1.54) is 64.8 Å². The summed E-state index contributed by atoms with van der Waals surface area (Å²) in [5, 5.41) is 0. The Balaban J connectivity index is 0.00000144. The Labute approximate surface area is 114 Å². The van der Waals surface area contributed by atoms with Gasteiger partial charge in [0.05, 0.1) is 0 Å². The minimum Gasteiger partial charge on any atom is -0.303 e. The number of likely N-dealkylation sites (tertiary alicyclic amines) is 2. The zero-order chi connectivity index (χ0) is 11.4. The Morgan fingerprint density at radius 1 is 1.00 bits per heavy atom. The van der Waals surface area contributed by atoms with Crippen molar-refractivity contribution in [2.45, 2.75) is 52.0 Å². The third-order valence-electron chi connectivity index (χ3n) is 4.25. The molecule has 0 aromatic rings. The molecule has 1 atom stereocenters. The van der Waals surface area contributed by atoms with E-state index in [9.17, 15) is 0 Å². The lowest BCUT2D eigenvalue weighted by Crippen LogP contribution is -2.44. The number of nitrogens with zero attached hydrogens (tertiary/aromatic N) is 2. The van der Waals surface area contributed by atoms with Crippen LogP contribution in [0.4, 0.5) is 0 Å². The molecule has 2 fully saturated rings. The second-order valence-electron chi connectivity index (χ2n) is 5.96. The number of rotatable bonds is 3. The van der Waals surface area contributed by atoms with Crippen molar-refractivity contribution >= 4 is 13.5 Å². The van der Waals surface area contributed by atoms with Gasteiger partial charge in [-0.3, -0.25) is 0 Å². The summed E-state index contributed by atoms with van der Waals surface area (Å²) in [6.07, 6.45) is 7.19. The van der Waals surface area contributed by atoms with E-state index in [2.05, 4.69) is 23.6 Å². The first-order chi connectivity index (χ1) is 7.75. The van der Waals surface area contributed by atoms with Crippen LogP contribution in [0, 0.1) is 5.92 Å². The lowest BCUT2D eigenvalue weighted by molar-refractivity contribution is 0.103. The van der Waals surface area contributed by atoms with Gasteiger partial charge in [-0.1, -0.05) is 6.42 Å². The molecule has 0 radical (unpaired) electrons. The topological polar surface area (TPSA) is 6.48 Å². The summed E-state index contributed by atoms with van der Waals surface area (Å²) < 4.78 is 0. The molecule has 0 aromatic carbocycles. The zero-order valence-electron chi connectivity index (χ0n) is 11.6. The first-order valence-electron chi connectivity index (χ1n) is 7.22. The molecule has 2 rings (SSSR count). The molecule has 0 saturated carbocycles. The van der Waals surface area contributed by atoms with Crippen LogP contribution in [0.1, 0.15) is 46.0 Å². The van der Waals surface area contributed by atoms with E-state index in [0.29, 0.717) is 0 Å². The van der Waals surface area contributed by atoms with Gasteiger partial charge >= 0.3 is 0 Å². The van der Waals surface area contributed by atoms with Crippen molar-refractivity contribution in [1.82, 2.24) is 9.80 Å². The summed E-state index contributed by atoms with van der Waals surface area (Å²) in [6.45, 7) is 11.4. The molecule has 0 unspecified atom stereocenters. The fourth-order valence-corrected chi connectivity index (χ4v) is 3.22. The van der Waals surface area contributed by atoms with Crippen molar-refractivity contribution in [3.8, 4) is 0 Å².